The molecule has 0 amide bonds. The molecule has 1 heterocycles. The fourth-order valence-electron chi connectivity index (χ4n) is 1.41. The van der Waals surface area contributed by atoms with Gasteiger partial charge in [-0.15, -0.1) is 0 Å². The van der Waals surface area contributed by atoms with Gasteiger partial charge in [0.25, 0.3) is 0 Å². The highest BCUT2D eigenvalue weighted by atomic mass is 16.5. The second-order valence-electron chi connectivity index (χ2n) is 3.16. The van der Waals surface area contributed by atoms with Gasteiger partial charge in [0.2, 0.25) is 5.88 Å². The zero-order valence-corrected chi connectivity index (χ0v) is 8.55. The van der Waals surface area contributed by atoms with Gasteiger partial charge < -0.3 is 10.5 Å². The van der Waals surface area contributed by atoms with Crippen molar-refractivity contribution in [1.29, 1.82) is 0 Å². The van der Waals surface area contributed by atoms with Gasteiger partial charge in [-0.2, -0.15) is 5.10 Å². The second-order valence-corrected chi connectivity index (χ2v) is 3.16. The van der Waals surface area contributed by atoms with Crippen LogP contribution in [0.3, 0.4) is 0 Å². The van der Waals surface area contributed by atoms with Gasteiger partial charge >= 0.3 is 0 Å². The number of nitrogens with two attached hydrogens (primary N) is 1. The molecule has 0 radical (unpaired) electrons. The molecule has 2 aromatic rings. The van der Waals surface area contributed by atoms with E-state index in [2.05, 4.69) is 5.10 Å². The molecule has 0 bridgehead atoms. The van der Waals surface area contributed by atoms with E-state index in [1.807, 2.05) is 30.3 Å². The molecule has 4 nitrogen and oxygen atoms in total. The van der Waals surface area contributed by atoms with Crippen molar-refractivity contribution in [3.8, 4) is 11.6 Å². The third-order valence-electron chi connectivity index (χ3n) is 2.23. The van der Waals surface area contributed by atoms with Crippen molar-refractivity contribution in [2.24, 2.45) is 5.73 Å². The number of ether oxygens (including phenoxy) is 1. The van der Waals surface area contributed by atoms with Gasteiger partial charge in [0.15, 0.2) is 0 Å². The van der Waals surface area contributed by atoms with Gasteiger partial charge in [-0.05, 0) is 17.7 Å². The minimum Gasteiger partial charge on any atom is -0.481 e. The van der Waals surface area contributed by atoms with E-state index < -0.39 is 0 Å². The normalized spacial score (nSPS) is 10.3. The first-order valence-electron chi connectivity index (χ1n) is 4.72. The summed E-state index contributed by atoms with van der Waals surface area (Å²) in [5.41, 5.74) is 7.60. The van der Waals surface area contributed by atoms with Crippen LogP contribution in [0.15, 0.2) is 36.5 Å². The summed E-state index contributed by atoms with van der Waals surface area (Å²) in [7, 11) is 1.63. The smallest absolute Gasteiger partial charge is 0.216 e. The van der Waals surface area contributed by atoms with Crippen molar-refractivity contribution in [2.45, 2.75) is 6.54 Å². The molecule has 2 N–H and O–H groups in total. The van der Waals surface area contributed by atoms with Crippen LogP contribution < -0.4 is 10.5 Å². The van der Waals surface area contributed by atoms with Gasteiger partial charge in [0.05, 0.1) is 19.0 Å². The summed E-state index contributed by atoms with van der Waals surface area (Å²) in [6, 6.07) is 9.72. The number of nitrogens with zero attached hydrogens (tertiary/aromatic N) is 2. The average Bonchev–Trinajstić information content (AvgIpc) is 2.77. The van der Waals surface area contributed by atoms with E-state index in [1.165, 1.54) is 0 Å². The molecule has 0 spiro atoms. The van der Waals surface area contributed by atoms with E-state index in [9.17, 15) is 0 Å². The lowest BCUT2D eigenvalue weighted by Gasteiger charge is -2.06. The number of benzene rings is 1. The molecule has 0 unspecified atom stereocenters. The highest BCUT2D eigenvalue weighted by molar-refractivity contribution is 5.36. The first kappa shape index (κ1) is 9.73. The molecule has 0 saturated carbocycles. The summed E-state index contributed by atoms with van der Waals surface area (Å²) in [6.07, 6.45) is 1.70. The van der Waals surface area contributed by atoms with Crippen LogP contribution in [0, 0.1) is 0 Å². The largest absolute Gasteiger partial charge is 0.481 e. The van der Waals surface area contributed by atoms with Crippen LogP contribution in [0.5, 0.6) is 5.88 Å². The maximum absolute atomic E-state index is 5.53. The Labute approximate surface area is 88.3 Å². The van der Waals surface area contributed by atoms with Crippen LogP contribution in [-0.2, 0) is 6.54 Å². The zero-order chi connectivity index (χ0) is 10.7. The van der Waals surface area contributed by atoms with E-state index in [-0.39, 0.29) is 0 Å². The number of aromatic nitrogens is 2. The molecule has 0 aliphatic carbocycles. The molecule has 0 saturated heterocycles. The number of hydrogen-bond acceptors (Lipinski definition) is 3. The summed E-state index contributed by atoms with van der Waals surface area (Å²) in [5, 5.41) is 4.17. The average molecular weight is 203 g/mol. The van der Waals surface area contributed by atoms with Gasteiger partial charge in [0.1, 0.15) is 0 Å². The highest BCUT2D eigenvalue weighted by Gasteiger charge is 2.03. The van der Waals surface area contributed by atoms with Crippen LogP contribution >= 0.6 is 0 Å². The second kappa shape index (κ2) is 4.14. The van der Waals surface area contributed by atoms with E-state index in [0.29, 0.717) is 6.54 Å². The minimum atomic E-state index is 0.552. The van der Waals surface area contributed by atoms with E-state index in [4.69, 9.17) is 10.5 Å². The van der Waals surface area contributed by atoms with E-state index >= 15 is 0 Å². The molecule has 4 heteroatoms. The maximum Gasteiger partial charge on any atom is 0.216 e. The Balaban J connectivity index is 2.37. The lowest BCUT2D eigenvalue weighted by molar-refractivity contribution is 0.383. The van der Waals surface area contributed by atoms with Crippen molar-refractivity contribution >= 4 is 0 Å². The SMILES string of the molecule is COc1ccnn1-c1ccc(CN)cc1. The van der Waals surface area contributed by atoms with Crippen LogP contribution in [0.2, 0.25) is 0 Å². The zero-order valence-electron chi connectivity index (χ0n) is 8.55. The fourth-order valence-corrected chi connectivity index (χ4v) is 1.41. The first-order valence-corrected chi connectivity index (χ1v) is 4.72. The molecule has 2 rings (SSSR count). The lowest BCUT2D eigenvalue weighted by Crippen LogP contribution is -2.01. The third-order valence-corrected chi connectivity index (χ3v) is 2.23. The predicted octanol–water partition coefficient (Wildman–Crippen LogP) is 1.34. The van der Waals surface area contributed by atoms with Crippen LogP contribution in [0.4, 0.5) is 0 Å². The Morgan fingerprint density at radius 3 is 2.60 bits per heavy atom. The van der Waals surface area contributed by atoms with Crippen molar-refractivity contribution in [1.82, 2.24) is 9.78 Å². The summed E-state index contributed by atoms with van der Waals surface area (Å²) in [5.74, 6) is 0.718. The molecular weight excluding hydrogens is 190 g/mol. The third kappa shape index (κ3) is 1.85. The molecule has 15 heavy (non-hydrogen) atoms. The quantitative estimate of drug-likeness (QED) is 0.819. The number of rotatable bonds is 3. The monoisotopic (exact) mass is 203 g/mol. The van der Waals surface area contributed by atoms with Gasteiger partial charge in [0, 0.05) is 12.6 Å². The van der Waals surface area contributed by atoms with Crippen LogP contribution in [-0.4, -0.2) is 16.9 Å². The molecule has 0 fully saturated rings. The van der Waals surface area contributed by atoms with E-state index in [1.54, 1.807) is 18.0 Å². The molecule has 1 aromatic carbocycles. The topological polar surface area (TPSA) is 53.1 Å². The Bertz CT molecular complexity index is 433. The Kier molecular flexibility index (Phi) is 2.69. The lowest BCUT2D eigenvalue weighted by atomic mass is 10.2. The Morgan fingerprint density at radius 2 is 2.00 bits per heavy atom. The van der Waals surface area contributed by atoms with E-state index in [0.717, 1.165) is 17.1 Å². The fraction of sp³-hybridized carbons (Fsp3) is 0.182. The summed E-state index contributed by atoms with van der Waals surface area (Å²) >= 11 is 0. The number of hydrogen-bond donors (Lipinski definition) is 1. The summed E-state index contributed by atoms with van der Waals surface area (Å²) < 4.78 is 6.91. The molecule has 0 aliphatic rings. The van der Waals surface area contributed by atoms with Crippen molar-refractivity contribution in [3.05, 3.63) is 42.1 Å². The van der Waals surface area contributed by atoms with Gasteiger partial charge in [-0.1, -0.05) is 12.1 Å². The van der Waals surface area contributed by atoms with Gasteiger partial charge in [-0.3, -0.25) is 0 Å². The van der Waals surface area contributed by atoms with Crippen molar-refractivity contribution in [2.75, 3.05) is 7.11 Å². The van der Waals surface area contributed by atoms with Gasteiger partial charge in [-0.25, -0.2) is 4.68 Å². The maximum atomic E-state index is 5.53. The van der Waals surface area contributed by atoms with Crippen molar-refractivity contribution in [3.63, 3.8) is 0 Å². The molecule has 0 atom stereocenters. The van der Waals surface area contributed by atoms with Crippen LogP contribution in [0.1, 0.15) is 5.56 Å². The molecular formula is C11H13N3O. The molecule has 1 aromatic heterocycles. The Hall–Kier alpha value is -1.81. The summed E-state index contributed by atoms with van der Waals surface area (Å²) in [6.45, 7) is 0.552. The highest BCUT2D eigenvalue weighted by Crippen LogP contribution is 2.16. The number of methoxy groups -OCH3 is 1. The van der Waals surface area contributed by atoms with Crippen molar-refractivity contribution < 1.29 is 4.74 Å². The predicted molar refractivity (Wildman–Crippen MR) is 58.0 cm³/mol. The summed E-state index contributed by atoms with van der Waals surface area (Å²) in [4.78, 5) is 0. The molecule has 78 valence electrons. The van der Waals surface area contributed by atoms with Crippen LogP contribution in [0.25, 0.3) is 5.69 Å². The Morgan fingerprint density at radius 1 is 1.27 bits per heavy atom. The first-order chi connectivity index (χ1) is 7.35. The molecule has 0 aliphatic heterocycles. The minimum absolute atomic E-state index is 0.552. The standard InChI is InChI=1S/C11H13N3O/c1-15-11-6-7-13-14(11)10-4-2-9(8-12)3-5-10/h2-7H,8,12H2,1H3.